The summed E-state index contributed by atoms with van der Waals surface area (Å²) in [6.45, 7) is 3.31. The third-order valence-electron chi connectivity index (χ3n) is 4.69. The van der Waals surface area contributed by atoms with E-state index in [-0.39, 0.29) is 11.9 Å². The Labute approximate surface area is 129 Å². The van der Waals surface area contributed by atoms with Crippen LogP contribution in [0.1, 0.15) is 28.9 Å². The molecular weight excluding hydrogens is 276 g/mol. The molecule has 1 unspecified atom stereocenters. The van der Waals surface area contributed by atoms with Crippen molar-refractivity contribution < 1.29 is 4.79 Å². The van der Waals surface area contributed by atoms with Gasteiger partial charge in [-0.3, -0.25) is 4.79 Å². The van der Waals surface area contributed by atoms with Crippen molar-refractivity contribution in [3.63, 3.8) is 0 Å². The number of aromatic nitrogens is 2. The lowest BCUT2D eigenvalue weighted by Gasteiger charge is -2.30. The summed E-state index contributed by atoms with van der Waals surface area (Å²) in [5.41, 5.74) is 2.12. The maximum atomic E-state index is 12.4. The van der Waals surface area contributed by atoms with Crippen LogP contribution in [0.4, 0.5) is 0 Å². The van der Waals surface area contributed by atoms with Crippen molar-refractivity contribution in [2.24, 2.45) is 5.92 Å². The number of hydrogen-bond acceptors (Lipinski definition) is 3. The van der Waals surface area contributed by atoms with E-state index in [0.717, 1.165) is 30.0 Å². The van der Waals surface area contributed by atoms with E-state index in [1.54, 1.807) is 12.4 Å². The fourth-order valence-corrected chi connectivity index (χ4v) is 3.64. The van der Waals surface area contributed by atoms with Gasteiger partial charge in [0, 0.05) is 30.9 Å². The minimum Gasteiger partial charge on any atom is -0.347 e. The van der Waals surface area contributed by atoms with Gasteiger partial charge in [0.05, 0.1) is 5.52 Å². The number of nitrogens with one attached hydrogen (secondary N) is 1. The van der Waals surface area contributed by atoms with Crippen LogP contribution in [-0.4, -0.2) is 45.9 Å². The predicted molar refractivity (Wildman–Crippen MR) is 83.5 cm³/mol. The van der Waals surface area contributed by atoms with E-state index in [9.17, 15) is 4.79 Å². The van der Waals surface area contributed by atoms with Gasteiger partial charge >= 0.3 is 0 Å². The maximum Gasteiger partial charge on any atom is 0.270 e. The summed E-state index contributed by atoms with van der Waals surface area (Å²) < 4.78 is 1.83. The standard InChI is InChI=1S/C17H18N4O/c1-2-12-6-15-7-16(18-11-21(15)9-12)17(22)19-14-5-13-3-4-20(8-13)10-14/h1,6-7,9,11,13-14H,3-5,8,10H2,(H,19,22)/t13-,14-/m1/s1. The molecule has 1 N–H and O–H groups in total. The molecule has 0 aliphatic carbocycles. The first-order chi connectivity index (χ1) is 10.7. The van der Waals surface area contributed by atoms with Gasteiger partial charge < -0.3 is 14.6 Å². The number of carbonyl (C=O) groups excluding carboxylic acids is 1. The number of rotatable bonds is 2. The largest absolute Gasteiger partial charge is 0.347 e. The van der Waals surface area contributed by atoms with Gasteiger partial charge in [0.15, 0.2) is 0 Å². The van der Waals surface area contributed by atoms with Gasteiger partial charge in [-0.15, -0.1) is 6.42 Å². The van der Waals surface area contributed by atoms with Crippen LogP contribution in [-0.2, 0) is 0 Å². The van der Waals surface area contributed by atoms with Crippen molar-refractivity contribution in [2.45, 2.75) is 18.9 Å². The Kier molecular flexibility index (Phi) is 3.12. The number of fused-ring (bicyclic) bond motifs is 3. The Hall–Kier alpha value is -2.32. The lowest BCUT2D eigenvalue weighted by atomic mass is 9.97. The third-order valence-corrected chi connectivity index (χ3v) is 4.69. The molecule has 0 spiro atoms. The van der Waals surface area contributed by atoms with Crippen molar-refractivity contribution in [3.05, 3.63) is 35.9 Å². The molecular formula is C17H18N4O. The minimum absolute atomic E-state index is 0.0987. The van der Waals surface area contributed by atoms with Crippen LogP contribution in [0.5, 0.6) is 0 Å². The first kappa shape index (κ1) is 13.4. The molecule has 3 atom stereocenters. The average molecular weight is 294 g/mol. The fraction of sp³-hybridized carbons (Fsp3) is 0.412. The molecule has 2 aliphatic heterocycles. The summed E-state index contributed by atoms with van der Waals surface area (Å²) in [5, 5.41) is 3.13. The van der Waals surface area contributed by atoms with E-state index in [2.05, 4.69) is 21.1 Å². The van der Waals surface area contributed by atoms with E-state index in [1.807, 2.05) is 16.7 Å². The summed E-state index contributed by atoms with van der Waals surface area (Å²) >= 11 is 0. The van der Waals surface area contributed by atoms with E-state index in [4.69, 9.17) is 6.42 Å². The molecule has 1 amide bonds. The van der Waals surface area contributed by atoms with E-state index in [0.29, 0.717) is 5.69 Å². The molecule has 2 aromatic rings. The third kappa shape index (κ3) is 2.36. The SMILES string of the molecule is C#Cc1cc2cc(C(=O)N[C@@H]3C[C@H]4CCN(C4)C3)ncn2c1. The predicted octanol–water partition coefficient (Wildman–Crippen LogP) is 1.14. The highest BCUT2D eigenvalue weighted by atomic mass is 16.1. The molecule has 2 aliphatic rings. The average Bonchev–Trinajstić information content (AvgIpc) is 3.09. The number of amides is 1. The molecule has 5 heteroatoms. The quantitative estimate of drug-likeness (QED) is 0.845. The number of terminal acetylenes is 1. The summed E-state index contributed by atoms with van der Waals surface area (Å²) in [6, 6.07) is 3.90. The Morgan fingerprint density at radius 1 is 1.41 bits per heavy atom. The topological polar surface area (TPSA) is 49.6 Å². The highest BCUT2D eigenvalue weighted by molar-refractivity contribution is 5.93. The van der Waals surface area contributed by atoms with Crippen LogP contribution >= 0.6 is 0 Å². The number of piperidine rings is 1. The number of hydrogen-bond donors (Lipinski definition) is 1. The van der Waals surface area contributed by atoms with Gasteiger partial charge in [-0.2, -0.15) is 0 Å². The van der Waals surface area contributed by atoms with Crippen molar-refractivity contribution >= 4 is 11.4 Å². The van der Waals surface area contributed by atoms with Gasteiger partial charge in [0.25, 0.3) is 5.91 Å². The van der Waals surface area contributed by atoms with E-state index >= 15 is 0 Å². The lowest BCUT2D eigenvalue weighted by Crippen LogP contribution is -2.47. The maximum absolute atomic E-state index is 12.4. The molecule has 4 heterocycles. The van der Waals surface area contributed by atoms with Crippen LogP contribution in [0, 0.1) is 18.3 Å². The van der Waals surface area contributed by atoms with Gasteiger partial charge in [0.2, 0.25) is 0 Å². The van der Waals surface area contributed by atoms with Crippen LogP contribution in [0.25, 0.3) is 5.52 Å². The number of nitrogens with zero attached hydrogens (tertiary/aromatic N) is 3. The minimum atomic E-state index is -0.0987. The van der Waals surface area contributed by atoms with E-state index in [1.165, 1.54) is 19.5 Å². The van der Waals surface area contributed by atoms with Crippen molar-refractivity contribution in [1.29, 1.82) is 0 Å². The highest BCUT2D eigenvalue weighted by Gasteiger charge is 2.33. The molecule has 0 saturated carbocycles. The summed E-state index contributed by atoms with van der Waals surface area (Å²) in [7, 11) is 0. The molecule has 5 nitrogen and oxygen atoms in total. The molecule has 2 aromatic heterocycles. The Balaban J connectivity index is 1.51. The monoisotopic (exact) mass is 294 g/mol. The van der Waals surface area contributed by atoms with Crippen molar-refractivity contribution in [2.75, 3.05) is 19.6 Å². The van der Waals surface area contributed by atoms with Crippen LogP contribution in [0.2, 0.25) is 0 Å². The zero-order valence-corrected chi connectivity index (χ0v) is 12.3. The first-order valence-electron chi connectivity index (χ1n) is 7.69. The second-order valence-electron chi connectivity index (χ2n) is 6.30. The molecule has 0 aromatic carbocycles. The van der Waals surface area contributed by atoms with Crippen LogP contribution in [0.15, 0.2) is 24.7 Å². The summed E-state index contributed by atoms with van der Waals surface area (Å²) in [5.74, 6) is 3.23. The van der Waals surface area contributed by atoms with E-state index < -0.39 is 0 Å². The second kappa shape index (κ2) is 5.15. The van der Waals surface area contributed by atoms with Crippen molar-refractivity contribution in [1.82, 2.24) is 19.6 Å². The van der Waals surface area contributed by atoms with Crippen molar-refractivity contribution in [3.8, 4) is 12.3 Å². The lowest BCUT2D eigenvalue weighted by molar-refractivity contribution is 0.0904. The van der Waals surface area contributed by atoms with Gasteiger partial charge in [-0.1, -0.05) is 5.92 Å². The molecule has 2 saturated heterocycles. The van der Waals surface area contributed by atoms with Crippen LogP contribution in [0.3, 0.4) is 0 Å². The summed E-state index contributed by atoms with van der Waals surface area (Å²) in [6.07, 6.45) is 11.2. The molecule has 0 radical (unpaired) electrons. The Morgan fingerprint density at radius 2 is 2.32 bits per heavy atom. The molecule has 2 fully saturated rings. The molecule has 2 bridgehead atoms. The Morgan fingerprint density at radius 3 is 3.14 bits per heavy atom. The second-order valence-corrected chi connectivity index (χ2v) is 6.30. The van der Waals surface area contributed by atoms with Crippen LogP contribution < -0.4 is 5.32 Å². The highest BCUT2D eigenvalue weighted by Crippen LogP contribution is 2.26. The van der Waals surface area contributed by atoms with Gasteiger partial charge in [-0.25, -0.2) is 4.98 Å². The zero-order chi connectivity index (χ0) is 15.1. The first-order valence-corrected chi connectivity index (χ1v) is 7.69. The van der Waals surface area contributed by atoms with Gasteiger partial charge in [0.1, 0.15) is 12.0 Å². The molecule has 22 heavy (non-hydrogen) atoms. The fourth-order valence-electron chi connectivity index (χ4n) is 3.64. The molecule has 112 valence electrons. The zero-order valence-electron chi connectivity index (χ0n) is 12.3. The Bertz CT molecular complexity index is 761. The molecule has 4 rings (SSSR count). The number of carbonyl (C=O) groups is 1. The summed E-state index contributed by atoms with van der Waals surface area (Å²) in [4.78, 5) is 19.1. The van der Waals surface area contributed by atoms with Gasteiger partial charge in [-0.05, 0) is 37.4 Å². The normalized spacial score (nSPS) is 26.8. The smallest absolute Gasteiger partial charge is 0.270 e.